The molecule has 1 aromatic heterocycles. The fourth-order valence-electron chi connectivity index (χ4n) is 3.63. The lowest BCUT2D eigenvalue weighted by atomic mass is 9.96. The summed E-state index contributed by atoms with van der Waals surface area (Å²) in [6, 6.07) is 25.8. The lowest BCUT2D eigenvalue weighted by molar-refractivity contribution is 0.306. The van der Waals surface area contributed by atoms with Crippen molar-refractivity contribution >= 4 is 17.5 Å². The SMILES string of the molecule is CCCCc1c(-c2ccc(Cl)cc2)nc(N)nc1-c1ccc(OCc2ccccc2)cc1. The van der Waals surface area contributed by atoms with E-state index >= 15 is 0 Å². The van der Waals surface area contributed by atoms with E-state index in [9.17, 15) is 0 Å². The Hall–Kier alpha value is -3.37. The lowest BCUT2D eigenvalue weighted by Gasteiger charge is -2.15. The highest BCUT2D eigenvalue weighted by atomic mass is 35.5. The van der Waals surface area contributed by atoms with Crippen molar-refractivity contribution in [1.29, 1.82) is 0 Å². The van der Waals surface area contributed by atoms with E-state index in [2.05, 4.69) is 29.0 Å². The fraction of sp³-hybridized carbons (Fsp3) is 0.185. The van der Waals surface area contributed by atoms with Gasteiger partial charge in [-0.25, -0.2) is 9.97 Å². The highest BCUT2D eigenvalue weighted by Crippen LogP contribution is 2.33. The number of nitrogen functional groups attached to an aromatic ring is 1. The summed E-state index contributed by atoms with van der Waals surface area (Å²) in [6.07, 6.45) is 2.99. The Morgan fingerprint density at radius 2 is 1.41 bits per heavy atom. The smallest absolute Gasteiger partial charge is 0.221 e. The van der Waals surface area contributed by atoms with Crippen LogP contribution in [0.25, 0.3) is 22.5 Å². The zero-order chi connectivity index (χ0) is 22.3. The van der Waals surface area contributed by atoms with E-state index in [1.54, 1.807) is 0 Å². The van der Waals surface area contributed by atoms with Crippen molar-refractivity contribution < 1.29 is 4.74 Å². The Labute approximate surface area is 194 Å². The summed E-state index contributed by atoms with van der Waals surface area (Å²) in [5, 5.41) is 0.692. The van der Waals surface area contributed by atoms with Crippen LogP contribution in [0.5, 0.6) is 5.75 Å². The maximum absolute atomic E-state index is 6.13. The molecule has 2 N–H and O–H groups in total. The largest absolute Gasteiger partial charge is 0.489 e. The molecule has 0 saturated carbocycles. The third-order valence-corrected chi connectivity index (χ3v) is 5.55. The van der Waals surface area contributed by atoms with Gasteiger partial charge >= 0.3 is 0 Å². The van der Waals surface area contributed by atoms with Gasteiger partial charge in [0.15, 0.2) is 0 Å². The molecule has 0 unspecified atom stereocenters. The Kier molecular flexibility index (Phi) is 7.03. The summed E-state index contributed by atoms with van der Waals surface area (Å²) in [5.41, 5.74) is 12.1. The second kappa shape index (κ2) is 10.3. The highest BCUT2D eigenvalue weighted by molar-refractivity contribution is 6.30. The van der Waals surface area contributed by atoms with Gasteiger partial charge in [0.1, 0.15) is 12.4 Å². The van der Waals surface area contributed by atoms with E-state index in [0.29, 0.717) is 11.6 Å². The summed E-state index contributed by atoms with van der Waals surface area (Å²) in [5.74, 6) is 1.07. The van der Waals surface area contributed by atoms with Crippen molar-refractivity contribution in [2.24, 2.45) is 0 Å². The molecule has 0 spiro atoms. The first-order chi connectivity index (χ1) is 15.6. The van der Waals surface area contributed by atoms with Gasteiger partial charge in [0, 0.05) is 21.7 Å². The van der Waals surface area contributed by atoms with Gasteiger partial charge in [-0.2, -0.15) is 0 Å². The number of nitrogens with two attached hydrogens (primary N) is 1. The molecule has 0 atom stereocenters. The van der Waals surface area contributed by atoms with Gasteiger partial charge in [0.2, 0.25) is 5.95 Å². The molecule has 3 aromatic carbocycles. The van der Waals surface area contributed by atoms with Gasteiger partial charge < -0.3 is 10.5 Å². The minimum Gasteiger partial charge on any atom is -0.489 e. The molecule has 162 valence electrons. The predicted molar refractivity (Wildman–Crippen MR) is 132 cm³/mol. The average Bonchev–Trinajstić information content (AvgIpc) is 2.83. The molecule has 1 heterocycles. The van der Waals surface area contributed by atoms with Crippen LogP contribution in [0.4, 0.5) is 5.95 Å². The maximum atomic E-state index is 6.13. The van der Waals surface area contributed by atoms with Crippen LogP contribution in [0.15, 0.2) is 78.9 Å². The van der Waals surface area contributed by atoms with E-state index < -0.39 is 0 Å². The zero-order valence-corrected chi connectivity index (χ0v) is 18.8. The number of ether oxygens (including phenoxy) is 1. The van der Waals surface area contributed by atoms with Crippen molar-refractivity contribution in [3.05, 3.63) is 95.0 Å². The summed E-state index contributed by atoms with van der Waals surface area (Å²) in [6.45, 7) is 2.71. The number of hydrogen-bond donors (Lipinski definition) is 1. The molecule has 0 aliphatic rings. The Morgan fingerprint density at radius 3 is 2.00 bits per heavy atom. The molecule has 0 aliphatic heterocycles. The van der Waals surface area contributed by atoms with Crippen LogP contribution in [0.1, 0.15) is 30.9 Å². The van der Waals surface area contributed by atoms with E-state index in [0.717, 1.165) is 58.7 Å². The molecule has 4 rings (SSSR count). The Balaban J connectivity index is 1.66. The highest BCUT2D eigenvalue weighted by Gasteiger charge is 2.16. The first-order valence-electron chi connectivity index (χ1n) is 10.8. The summed E-state index contributed by atoms with van der Waals surface area (Å²) < 4.78 is 5.94. The van der Waals surface area contributed by atoms with Crippen molar-refractivity contribution in [1.82, 2.24) is 9.97 Å². The van der Waals surface area contributed by atoms with Gasteiger partial charge in [-0.3, -0.25) is 0 Å². The van der Waals surface area contributed by atoms with Crippen LogP contribution >= 0.6 is 11.6 Å². The van der Waals surface area contributed by atoms with Crippen molar-refractivity contribution in [2.75, 3.05) is 5.73 Å². The third kappa shape index (κ3) is 5.27. The number of aromatic nitrogens is 2. The first kappa shape index (κ1) is 21.8. The molecule has 0 fully saturated rings. The summed E-state index contributed by atoms with van der Waals surface area (Å²) in [4.78, 5) is 9.21. The van der Waals surface area contributed by atoms with Gasteiger partial charge in [0.25, 0.3) is 0 Å². The maximum Gasteiger partial charge on any atom is 0.221 e. The number of nitrogens with zero attached hydrogens (tertiary/aromatic N) is 2. The Morgan fingerprint density at radius 1 is 0.812 bits per heavy atom. The minimum absolute atomic E-state index is 0.259. The van der Waals surface area contributed by atoms with E-state index in [1.807, 2.05) is 66.7 Å². The summed E-state index contributed by atoms with van der Waals surface area (Å²) >= 11 is 6.09. The van der Waals surface area contributed by atoms with Crippen molar-refractivity contribution in [3.63, 3.8) is 0 Å². The number of benzene rings is 3. The minimum atomic E-state index is 0.259. The quantitative estimate of drug-likeness (QED) is 0.319. The van der Waals surface area contributed by atoms with Gasteiger partial charge in [0.05, 0.1) is 11.4 Å². The monoisotopic (exact) mass is 443 g/mol. The zero-order valence-electron chi connectivity index (χ0n) is 18.1. The van der Waals surface area contributed by atoms with Gasteiger partial charge in [-0.15, -0.1) is 0 Å². The van der Waals surface area contributed by atoms with Crippen molar-refractivity contribution in [3.8, 4) is 28.3 Å². The topological polar surface area (TPSA) is 61.0 Å². The molecule has 4 nitrogen and oxygen atoms in total. The number of unbranched alkanes of at least 4 members (excludes halogenated alkanes) is 1. The van der Waals surface area contributed by atoms with Crippen LogP contribution < -0.4 is 10.5 Å². The van der Waals surface area contributed by atoms with E-state index in [4.69, 9.17) is 22.1 Å². The molecule has 0 bridgehead atoms. The first-order valence-corrected chi connectivity index (χ1v) is 11.2. The number of rotatable bonds is 8. The molecule has 0 radical (unpaired) electrons. The van der Waals surface area contributed by atoms with Crippen molar-refractivity contribution in [2.45, 2.75) is 32.8 Å². The molecular weight excluding hydrogens is 418 g/mol. The predicted octanol–water partition coefficient (Wildman–Crippen LogP) is 6.97. The molecule has 0 saturated heterocycles. The van der Waals surface area contributed by atoms with Crippen LogP contribution in [-0.4, -0.2) is 9.97 Å². The standard InChI is InChI=1S/C27H26ClN3O/c1-2-3-9-24-25(20-10-14-22(28)15-11-20)30-27(29)31-26(24)21-12-16-23(17-13-21)32-18-19-7-5-4-6-8-19/h4-8,10-17H,2-3,9,18H2,1H3,(H2,29,30,31). The van der Waals surface area contributed by atoms with E-state index in [-0.39, 0.29) is 5.95 Å². The van der Waals surface area contributed by atoms with Crippen LogP contribution in [0.2, 0.25) is 5.02 Å². The molecule has 0 aliphatic carbocycles. The number of hydrogen-bond acceptors (Lipinski definition) is 4. The molecule has 0 amide bonds. The van der Waals surface area contributed by atoms with Crippen LogP contribution in [0.3, 0.4) is 0 Å². The molecular formula is C27H26ClN3O. The van der Waals surface area contributed by atoms with E-state index in [1.165, 1.54) is 0 Å². The van der Waals surface area contributed by atoms with Crippen LogP contribution in [-0.2, 0) is 13.0 Å². The molecule has 4 aromatic rings. The second-order valence-electron chi connectivity index (χ2n) is 7.67. The molecule has 32 heavy (non-hydrogen) atoms. The van der Waals surface area contributed by atoms with Gasteiger partial charge in [-0.05, 0) is 54.8 Å². The second-order valence-corrected chi connectivity index (χ2v) is 8.10. The fourth-order valence-corrected chi connectivity index (χ4v) is 3.75. The normalized spacial score (nSPS) is 10.8. The van der Waals surface area contributed by atoms with Gasteiger partial charge in [-0.1, -0.05) is 67.4 Å². The third-order valence-electron chi connectivity index (χ3n) is 5.30. The molecule has 5 heteroatoms. The average molecular weight is 444 g/mol. The summed E-state index contributed by atoms with van der Waals surface area (Å²) in [7, 11) is 0. The number of halogens is 1. The van der Waals surface area contributed by atoms with Crippen LogP contribution in [0, 0.1) is 0 Å². The Bertz CT molecular complexity index is 1160. The lowest BCUT2D eigenvalue weighted by Crippen LogP contribution is -2.05. The number of anilines is 1.